The van der Waals surface area contributed by atoms with Gasteiger partial charge in [-0.2, -0.15) is 0 Å². The molecule has 0 aromatic rings. The highest BCUT2D eigenvalue weighted by atomic mass is 15.1. The average molecular weight is 200 g/mol. The van der Waals surface area contributed by atoms with E-state index in [0.717, 1.165) is 6.54 Å². The van der Waals surface area contributed by atoms with E-state index in [1.165, 1.54) is 19.4 Å². The maximum atomic E-state index is 3.18. The summed E-state index contributed by atoms with van der Waals surface area (Å²) in [7, 11) is 4.25. The molecule has 0 radical (unpaired) electrons. The first-order chi connectivity index (χ1) is 6.39. The van der Waals surface area contributed by atoms with Crippen LogP contribution in [0.3, 0.4) is 0 Å². The molecule has 0 saturated heterocycles. The van der Waals surface area contributed by atoms with Crippen LogP contribution in [0.1, 0.15) is 40.5 Å². The Balaban J connectivity index is 3.68. The van der Waals surface area contributed by atoms with Gasteiger partial charge in [0.1, 0.15) is 0 Å². The molecule has 1 unspecified atom stereocenters. The van der Waals surface area contributed by atoms with Crippen LogP contribution < -0.4 is 5.32 Å². The van der Waals surface area contributed by atoms with E-state index >= 15 is 0 Å². The second-order valence-electron chi connectivity index (χ2n) is 5.33. The second-order valence-corrected chi connectivity index (χ2v) is 5.33. The normalized spacial score (nSPS) is 14.8. The minimum atomic E-state index is 0.387. The maximum absolute atomic E-state index is 3.18. The second kappa shape index (κ2) is 6.41. The van der Waals surface area contributed by atoms with Crippen molar-refractivity contribution >= 4 is 0 Å². The molecule has 14 heavy (non-hydrogen) atoms. The van der Waals surface area contributed by atoms with Gasteiger partial charge in [0.15, 0.2) is 0 Å². The Labute approximate surface area is 90.1 Å². The molecule has 0 aliphatic rings. The largest absolute Gasteiger partial charge is 0.320 e. The lowest BCUT2D eigenvalue weighted by Crippen LogP contribution is -2.39. The Bertz CT molecular complexity index is 138. The summed E-state index contributed by atoms with van der Waals surface area (Å²) in [5.74, 6) is 0. The minimum Gasteiger partial charge on any atom is -0.320 e. The smallest absolute Gasteiger partial charge is 0.0112 e. The SMILES string of the molecule is CNCCCCN(C)C(C)C(C)(C)C. The van der Waals surface area contributed by atoms with Crippen molar-refractivity contribution in [2.75, 3.05) is 27.2 Å². The molecule has 86 valence electrons. The summed E-state index contributed by atoms with van der Waals surface area (Å²) in [5.41, 5.74) is 0.387. The van der Waals surface area contributed by atoms with Crippen molar-refractivity contribution in [3.05, 3.63) is 0 Å². The lowest BCUT2D eigenvalue weighted by atomic mass is 9.87. The highest BCUT2D eigenvalue weighted by Gasteiger charge is 2.23. The molecule has 0 aromatic heterocycles. The van der Waals surface area contributed by atoms with Crippen LogP contribution in [0.15, 0.2) is 0 Å². The monoisotopic (exact) mass is 200 g/mol. The fourth-order valence-electron chi connectivity index (χ4n) is 1.52. The number of nitrogens with zero attached hydrogens (tertiary/aromatic N) is 1. The summed E-state index contributed by atoms with van der Waals surface area (Å²) in [6, 6.07) is 0.650. The van der Waals surface area contributed by atoms with E-state index in [2.05, 4.69) is 45.0 Å². The van der Waals surface area contributed by atoms with Gasteiger partial charge in [0.05, 0.1) is 0 Å². The standard InChI is InChI=1S/C12H28N2/c1-11(12(2,3)4)14(6)10-8-7-9-13-5/h11,13H,7-10H2,1-6H3. The van der Waals surface area contributed by atoms with Crippen LogP contribution in [-0.4, -0.2) is 38.1 Å². The van der Waals surface area contributed by atoms with Crippen LogP contribution in [0.25, 0.3) is 0 Å². The molecular weight excluding hydrogens is 172 g/mol. The molecule has 0 bridgehead atoms. The third-order valence-corrected chi connectivity index (χ3v) is 3.10. The van der Waals surface area contributed by atoms with Crippen LogP contribution in [0.2, 0.25) is 0 Å². The van der Waals surface area contributed by atoms with Crippen molar-refractivity contribution in [1.29, 1.82) is 0 Å². The molecule has 0 amide bonds. The highest BCUT2D eigenvalue weighted by Crippen LogP contribution is 2.22. The number of unbranched alkanes of at least 4 members (excludes halogenated alkanes) is 1. The van der Waals surface area contributed by atoms with Gasteiger partial charge in [-0.15, -0.1) is 0 Å². The summed E-state index contributed by atoms with van der Waals surface area (Å²) < 4.78 is 0. The molecular formula is C12H28N2. The van der Waals surface area contributed by atoms with Gasteiger partial charge in [-0.1, -0.05) is 20.8 Å². The molecule has 0 spiro atoms. The van der Waals surface area contributed by atoms with Gasteiger partial charge in [-0.05, 0) is 52.4 Å². The summed E-state index contributed by atoms with van der Waals surface area (Å²) in [4.78, 5) is 2.47. The lowest BCUT2D eigenvalue weighted by molar-refractivity contribution is 0.139. The Morgan fingerprint density at radius 2 is 1.79 bits per heavy atom. The summed E-state index contributed by atoms with van der Waals surface area (Å²) in [6.07, 6.45) is 2.56. The molecule has 1 N–H and O–H groups in total. The summed E-state index contributed by atoms with van der Waals surface area (Å²) in [6.45, 7) is 11.6. The lowest BCUT2D eigenvalue weighted by Gasteiger charge is -2.35. The molecule has 0 aliphatic carbocycles. The quantitative estimate of drug-likeness (QED) is 0.662. The molecule has 0 fully saturated rings. The fourth-order valence-corrected chi connectivity index (χ4v) is 1.52. The zero-order valence-corrected chi connectivity index (χ0v) is 10.9. The Morgan fingerprint density at radius 1 is 1.21 bits per heavy atom. The molecule has 1 atom stereocenters. The van der Waals surface area contributed by atoms with Gasteiger partial charge >= 0.3 is 0 Å². The Hall–Kier alpha value is -0.0800. The first-order valence-electron chi connectivity index (χ1n) is 5.74. The van der Waals surface area contributed by atoms with Gasteiger partial charge in [0, 0.05) is 6.04 Å². The van der Waals surface area contributed by atoms with E-state index in [4.69, 9.17) is 0 Å². The number of hydrogen-bond acceptors (Lipinski definition) is 2. The van der Waals surface area contributed by atoms with Crippen LogP contribution >= 0.6 is 0 Å². The van der Waals surface area contributed by atoms with Gasteiger partial charge in [0.25, 0.3) is 0 Å². The van der Waals surface area contributed by atoms with E-state index < -0.39 is 0 Å². The predicted octanol–water partition coefficient (Wildman–Crippen LogP) is 2.35. The maximum Gasteiger partial charge on any atom is 0.0112 e. The van der Waals surface area contributed by atoms with Crippen LogP contribution in [0.5, 0.6) is 0 Å². The van der Waals surface area contributed by atoms with Crippen molar-refractivity contribution in [3.8, 4) is 0 Å². The Morgan fingerprint density at radius 3 is 2.21 bits per heavy atom. The molecule has 0 aliphatic heterocycles. The Kier molecular flexibility index (Phi) is 6.38. The first-order valence-corrected chi connectivity index (χ1v) is 5.74. The van der Waals surface area contributed by atoms with Crippen molar-refractivity contribution in [2.45, 2.75) is 46.6 Å². The third kappa shape index (κ3) is 5.61. The molecule has 0 saturated carbocycles. The van der Waals surface area contributed by atoms with E-state index in [1.54, 1.807) is 0 Å². The minimum absolute atomic E-state index is 0.387. The van der Waals surface area contributed by atoms with Crippen molar-refractivity contribution in [1.82, 2.24) is 10.2 Å². The predicted molar refractivity (Wildman–Crippen MR) is 64.7 cm³/mol. The molecule has 2 nitrogen and oxygen atoms in total. The van der Waals surface area contributed by atoms with E-state index in [-0.39, 0.29) is 0 Å². The van der Waals surface area contributed by atoms with Gasteiger partial charge in [-0.25, -0.2) is 0 Å². The van der Waals surface area contributed by atoms with Gasteiger partial charge in [0.2, 0.25) is 0 Å². The van der Waals surface area contributed by atoms with Gasteiger partial charge < -0.3 is 10.2 Å². The van der Waals surface area contributed by atoms with Crippen molar-refractivity contribution in [3.63, 3.8) is 0 Å². The summed E-state index contributed by atoms with van der Waals surface area (Å²) in [5, 5.41) is 3.18. The molecule has 0 heterocycles. The number of hydrogen-bond donors (Lipinski definition) is 1. The van der Waals surface area contributed by atoms with Gasteiger partial charge in [-0.3, -0.25) is 0 Å². The first kappa shape index (κ1) is 13.9. The topological polar surface area (TPSA) is 15.3 Å². The zero-order chi connectivity index (χ0) is 11.2. The third-order valence-electron chi connectivity index (χ3n) is 3.10. The summed E-state index contributed by atoms with van der Waals surface area (Å²) >= 11 is 0. The van der Waals surface area contributed by atoms with Crippen molar-refractivity contribution in [2.24, 2.45) is 5.41 Å². The molecule has 0 aromatic carbocycles. The molecule has 0 rings (SSSR count). The fraction of sp³-hybridized carbons (Fsp3) is 1.00. The number of nitrogens with one attached hydrogen (secondary N) is 1. The van der Waals surface area contributed by atoms with E-state index in [1.807, 2.05) is 7.05 Å². The molecule has 2 heteroatoms. The highest BCUT2D eigenvalue weighted by molar-refractivity contribution is 4.77. The zero-order valence-electron chi connectivity index (χ0n) is 10.9. The van der Waals surface area contributed by atoms with Crippen LogP contribution in [-0.2, 0) is 0 Å². The van der Waals surface area contributed by atoms with Crippen LogP contribution in [0.4, 0.5) is 0 Å². The average Bonchev–Trinajstić information content (AvgIpc) is 2.09. The van der Waals surface area contributed by atoms with E-state index in [9.17, 15) is 0 Å². The number of rotatable bonds is 6. The van der Waals surface area contributed by atoms with E-state index in [0.29, 0.717) is 11.5 Å². The van der Waals surface area contributed by atoms with Crippen molar-refractivity contribution < 1.29 is 0 Å². The van der Waals surface area contributed by atoms with Crippen LogP contribution in [0, 0.1) is 5.41 Å².